The van der Waals surface area contributed by atoms with Crippen LogP contribution in [0.2, 0.25) is 0 Å². The van der Waals surface area contributed by atoms with Gasteiger partial charge in [0.25, 0.3) is 0 Å². The van der Waals surface area contributed by atoms with Crippen LogP contribution in [0.25, 0.3) is 44.2 Å². The first-order valence-electron chi connectivity index (χ1n) is 19.1. The molecule has 0 bridgehead atoms. The summed E-state index contributed by atoms with van der Waals surface area (Å²) < 4.78 is 13.3. The molecule has 2 aliphatic carbocycles. The average molecular weight is 706 g/mol. The van der Waals surface area contributed by atoms with Crippen molar-refractivity contribution in [3.8, 4) is 33.8 Å². The molecule has 0 amide bonds. The summed E-state index contributed by atoms with van der Waals surface area (Å²) in [6.45, 7) is 4.70. The van der Waals surface area contributed by atoms with Gasteiger partial charge in [-0.3, -0.25) is 0 Å². The van der Waals surface area contributed by atoms with Crippen molar-refractivity contribution in [3.05, 3.63) is 209 Å². The number of ether oxygens (including phenoxy) is 1. The molecule has 55 heavy (non-hydrogen) atoms. The zero-order valence-electron chi connectivity index (χ0n) is 30.5. The molecule has 0 N–H and O–H groups in total. The van der Waals surface area contributed by atoms with Crippen molar-refractivity contribution in [2.75, 3.05) is 4.90 Å². The highest BCUT2D eigenvalue weighted by Gasteiger charge is 2.51. The minimum absolute atomic E-state index is 0.156. The fourth-order valence-electron chi connectivity index (χ4n) is 10.2. The van der Waals surface area contributed by atoms with Gasteiger partial charge in [0, 0.05) is 33.3 Å². The Balaban J connectivity index is 1.16. The summed E-state index contributed by atoms with van der Waals surface area (Å²) in [7, 11) is 0. The Labute approximate surface area is 319 Å². The van der Waals surface area contributed by atoms with E-state index in [0.717, 1.165) is 61.6 Å². The van der Waals surface area contributed by atoms with Crippen molar-refractivity contribution in [3.63, 3.8) is 0 Å². The standard InChI is InChI=1S/C52H35NO2/c1-51(2)39-18-7-3-14-34(39)37-28-26-32(30-43(37)51)53(45-22-13-25-49-50(45)38-17-6-11-23-46(38)54-49)33-27-29-48-44(31-33)52(42-21-10-12-24-47(42)55-48)40-19-8-4-15-35(40)36-16-5-9-20-41(36)52/h3-31H,1-2H3. The highest BCUT2D eigenvalue weighted by Crippen LogP contribution is 2.63. The van der Waals surface area contributed by atoms with Crippen LogP contribution >= 0.6 is 0 Å². The van der Waals surface area contributed by atoms with Crippen LogP contribution in [-0.2, 0) is 10.8 Å². The Bertz CT molecular complexity index is 3030. The van der Waals surface area contributed by atoms with Gasteiger partial charge in [-0.15, -0.1) is 0 Å². The lowest BCUT2D eigenvalue weighted by molar-refractivity contribution is 0.436. The van der Waals surface area contributed by atoms with Gasteiger partial charge in [0.2, 0.25) is 0 Å². The van der Waals surface area contributed by atoms with E-state index in [4.69, 9.17) is 9.15 Å². The van der Waals surface area contributed by atoms with Gasteiger partial charge in [-0.2, -0.15) is 0 Å². The first-order chi connectivity index (χ1) is 27.0. The molecule has 260 valence electrons. The predicted octanol–water partition coefficient (Wildman–Crippen LogP) is 13.8. The summed E-state index contributed by atoms with van der Waals surface area (Å²) in [6, 6.07) is 63.9. The molecule has 3 aliphatic rings. The third kappa shape index (κ3) is 3.94. The highest BCUT2D eigenvalue weighted by atomic mass is 16.5. The molecule has 0 saturated carbocycles. The maximum absolute atomic E-state index is 6.85. The van der Waals surface area contributed by atoms with Crippen LogP contribution in [0.4, 0.5) is 17.1 Å². The molecule has 1 aromatic heterocycles. The van der Waals surface area contributed by atoms with E-state index in [9.17, 15) is 0 Å². The molecule has 0 radical (unpaired) electrons. The number of hydrogen-bond acceptors (Lipinski definition) is 3. The Kier molecular flexibility index (Phi) is 6.05. The Morgan fingerprint density at radius 1 is 0.418 bits per heavy atom. The van der Waals surface area contributed by atoms with E-state index in [-0.39, 0.29) is 5.41 Å². The SMILES string of the molecule is CC1(C)c2ccccc2-c2ccc(N(c3ccc4c(c3)C3(c5ccccc5O4)c4ccccc4-c4ccccc43)c3cccc4oc5ccccc5c34)cc21. The first-order valence-corrected chi connectivity index (χ1v) is 19.1. The molecule has 3 nitrogen and oxygen atoms in total. The van der Waals surface area contributed by atoms with Gasteiger partial charge in [-0.25, -0.2) is 0 Å². The van der Waals surface area contributed by atoms with E-state index >= 15 is 0 Å². The predicted molar refractivity (Wildman–Crippen MR) is 223 cm³/mol. The molecule has 0 saturated heterocycles. The fraction of sp³-hybridized carbons (Fsp3) is 0.0769. The smallest absolute Gasteiger partial charge is 0.137 e. The van der Waals surface area contributed by atoms with Crippen molar-refractivity contribution in [1.29, 1.82) is 0 Å². The van der Waals surface area contributed by atoms with Crippen molar-refractivity contribution in [2.45, 2.75) is 24.7 Å². The highest BCUT2D eigenvalue weighted by molar-refractivity contribution is 6.13. The number of benzene rings is 8. The fourth-order valence-corrected chi connectivity index (χ4v) is 10.2. The molecule has 12 rings (SSSR count). The van der Waals surface area contributed by atoms with Crippen LogP contribution in [0, 0.1) is 0 Å². The quantitative estimate of drug-likeness (QED) is 0.183. The minimum Gasteiger partial charge on any atom is -0.457 e. The topological polar surface area (TPSA) is 25.6 Å². The monoisotopic (exact) mass is 705 g/mol. The van der Waals surface area contributed by atoms with E-state index in [1.807, 2.05) is 6.07 Å². The second-order valence-corrected chi connectivity index (χ2v) is 15.6. The molecule has 0 fully saturated rings. The Morgan fingerprint density at radius 2 is 0.964 bits per heavy atom. The Hall–Kier alpha value is -6.84. The summed E-state index contributed by atoms with van der Waals surface area (Å²) >= 11 is 0. The molecule has 8 aromatic carbocycles. The van der Waals surface area contributed by atoms with Crippen LogP contribution in [0.5, 0.6) is 11.5 Å². The molecule has 0 atom stereocenters. The molecule has 1 spiro atoms. The van der Waals surface area contributed by atoms with E-state index in [1.54, 1.807) is 0 Å². The van der Waals surface area contributed by atoms with Crippen molar-refractivity contribution in [1.82, 2.24) is 0 Å². The molecule has 2 heterocycles. The van der Waals surface area contributed by atoms with E-state index in [2.05, 4.69) is 189 Å². The first kappa shape index (κ1) is 30.6. The summed E-state index contributed by atoms with van der Waals surface area (Å²) in [5.74, 6) is 1.76. The molecule has 3 heteroatoms. The minimum atomic E-state index is -0.574. The van der Waals surface area contributed by atoms with Crippen molar-refractivity contribution in [2.24, 2.45) is 0 Å². The van der Waals surface area contributed by atoms with Crippen molar-refractivity contribution < 1.29 is 9.15 Å². The van der Waals surface area contributed by atoms with Crippen LogP contribution in [0.15, 0.2) is 180 Å². The van der Waals surface area contributed by atoms with E-state index in [1.165, 1.54) is 44.5 Å². The average Bonchev–Trinajstić information content (AvgIpc) is 3.83. The lowest BCUT2D eigenvalue weighted by Gasteiger charge is -2.40. The van der Waals surface area contributed by atoms with Crippen LogP contribution in [0.1, 0.15) is 47.2 Å². The van der Waals surface area contributed by atoms with Gasteiger partial charge < -0.3 is 14.1 Å². The maximum Gasteiger partial charge on any atom is 0.137 e. The van der Waals surface area contributed by atoms with Gasteiger partial charge in [-0.1, -0.05) is 135 Å². The zero-order valence-corrected chi connectivity index (χ0v) is 30.5. The van der Waals surface area contributed by atoms with Crippen LogP contribution in [0.3, 0.4) is 0 Å². The van der Waals surface area contributed by atoms with Gasteiger partial charge in [0.05, 0.1) is 16.5 Å². The van der Waals surface area contributed by atoms with Gasteiger partial charge in [0.15, 0.2) is 0 Å². The number of rotatable bonds is 3. The largest absolute Gasteiger partial charge is 0.457 e. The van der Waals surface area contributed by atoms with E-state index in [0.29, 0.717) is 0 Å². The van der Waals surface area contributed by atoms with E-state index < -0.39 is 5.41 Å². The molecular formula is C52H35NO2. The molecule has 1 aliphatic heterocycles. The maximum atomic E-state index is 6.85. The molecule has 0 unspecified atom stereocenters. The number of furan rings is 1. The molecular weight excluding hydrogens is 671 g/mol. The van der Waals surface area contributed by atoms with Gasteiger partial charge >= 0.3 is 0 Å². The second-order valence-electron chi connectivity index (χ2n) is 15.6. The summed E-state index contributed by atoms with van der Waals surface area (Å²) in [6.07, 6.45) is 0. The van der Waals surface area contributed by atoms with Gasteiger partial charge in [0.1, 0.15) is 22.7 Å². The zero-order chi connectivity index (χ0) is 36.5. The number of fused-ring (bicyclic) bond motifs is 15. The lowest BCUT2D eigenvalue weighted by atomic mass is 9.66. The number of hydrogen-bond donors (Lipinski definition) is 0. The van der Waals surface area contributed by atoms with Gasteiger partial charge in [-0.05, 0) is 99.1 Å². The Morgan fingerprint density at radius 3 is 1.73 bits per heavy atom. The van der Waals surface area contributed by atoms with Crippen LogP contribution in [-0.4, -0.2) is 0 Å². The summed E-state index contributed by atoms with van der Waals surface area (Å²) in [5.41, 5.74) is 16.9. The summed E-state index contributed by atoms with van der Waals surface area (Å²) in [5, 5.41) is 2.18. The third-order valence-corrected chi connectivity index (χ3v) is 12.5. The van der Waals surface area contributed by atoms with Crippen molar-refractivity contribution >= 4 is 39.0 Å². The molecule has 9 aromatic rings. The lowest BCUT2D eigenvalue weighted by Crippen LogP contribution is -2.32. The number of nitrogens with zero attached hydrogens (tertiary/aromatic N) is 1. The van der Waals surface area contributed by atoms with Crippen LogP contribution < -0.4 is 9.64 Å². The summed E-state index contributed by atoms with van der Waals surface area (Å²) in [4.78, 5) is 2.44. The third-order valence-electron chi connectivity index (χ3n) is 12.5. The number of para-hydroxylation sites is 2. The second kappa shape index (κ2) is 10.9. The normalized spacial score (nSPS) is 14.8. The number of anilines is 3.